The lowest BCUT2D eigenvalue weighted by molar-refractivity contribution is -0.120. The third kappa shape index (κ3) is 5.40. The molecule has 0 saturated heterocycles. The Morgan fingerprint density at radius 3 is 2.34 bits per heavy atom. The minimum absolute atomic E-state index is 0.0209. The van der Waals surface area contributed by atoms with Crippen LogP contribution in [0.1, 0.15) is 26.3 Å². The molecule has 10 nitrogen and oxygen atoms in total. The van der Waals surface area contributed by atoms with Crippen molar-refractivity contribution in [2.24, 2.45) is 0 Å². The van der Waals surface area contributed by atoms with Gasteiger partial charge in [0.15, 0.2) is 0 Å². The van der Waals surface area contributed by atoms with Crippen LogP contribution in [0.5, 0.6) is 0 Å². The molecule has 0 spiro atoms. The number of anilines is 3. The van der Waals surface area contributed by atoms with Crippen molar-refractivity contribution < 1.29 is 33.8 Å². The summed E-state index contributed by atoms with van der Waals surface area (Å²) in [6, 6.07) is 18.4. The van der Waals surface area contributed by atoms with Crippen LogP contribution in [-0.4, -0.2) is 41.9 Å². The Kier molecular flexibility index (Phi) is 7.54. The minimum Gasteiger partial charge on any atom is -0.478 e. The molecule has 0 aliphatic carbocycles. The maximum Gasteiger partial charge on any atom is 0.337 e. The molecule has 0 bridgehead atoms. The Bertz CT molecular complexity index is 1500. The zero-order valence-electron chi connectivity index (χ0n) is 19.9. The number of carboxylic acids is 1. The predicted octanol–water partition coefficient (Wildman–Crippen LogP) is 3.79. The van der Waals surface area contributed by atoms with Crippen LogP contribution >= 0.6 is 11.6 Å². The van der Waals surface area contributed by atoms with E-state index in [2.05, 4.69) is 15.4 Å². The second kappa shape index (κ2) is 11.0. The molecule has 0 saturated carbocycles. The van der Waals surface area contributed by atoms with Gasteiger partial charge in [0.25, 0.3) is 11.8 Å². The number of halogens is 1. The molecule has 3 aromatic rings. The van der Waals surface area contributed by atoms with Gasteiger partial charge in [0.1, 0.15) is 10.7 Å². The van der Waals surface area contributed by atoms with Crippen LogP contribution in [0.15, 0.2) is 83.5 Å². The smallest absolute Gasteiger partial charge is 0.337 e. The zero-order valence-corrected chi connectivity index (χ0v) is 20.6. The molecule has 38 heavy (non-hydrogen) atoms. The highest BCUT2D eigenvalue weighted by Crippen LogP contribution is 2.30. The summed E-state index contributed by atoms with van der Waals surface area (Å²) in [5, 5.41) is 14.4. The third-order valence-electron chi connectivity index (χ3n) is 5.57. The standard InChI is InChI=1S/C27H20ClN3O7/c1-38-27(37)16-5-4-6-18(14-16)31-24(33)22(28)23(25(31)34)29-17-11-9-15(10-12-17)13-21(32)30-20-8-3-2-7-19(20)26(35)36/h2-12,14,29H,13H2,1H3,(H,30,32)(H,35,36). The molecule has 1 heterocycles. The van der Waals surface area contributed by atoms with E-state index in [1.54, 1.807) is 36.4 Å². The van der Waals surface area contributed by atoms with E-state index in [9.17, 15) is 29.1 Å². The highest BCUT2D eigenvalue weighted by atomic mass is 35.5. The number of aromatic carboxylic acids is 1. The molecule has 1 aliphatic heterocycles. The Morgan fingerprint density at radius 2 is 1.66 bits per heavy atom. The van der Waals surface area contributed by atoms with Crippen molar-refractivity contribution in [3.05, 3.63) is 100 Å². The van der Waals surface area contributed by atoms with Crippen molar-refractivity contribution in [2.45, 2.75) is 6.42 Å². The molecular weight excluding hydrogens is 514 g/mol. The fraction of sp³-hybridized carbons (Fsp3) is 0.0741. The average Bonchev–Trinajstić information content (AvgIpc) is 3.12. The summed E-state index contributed by atoms with van der Waals surface area (Å²) in [5.41, 5.74) is 1.40. The van der Waals surface area contributed by atoms with E-state index < -0.39 is 29.7 Å². The average molecular weight is 534 g/mol. The van der Waals surface area contributed by atoms with E-state index >= 15 is 0 Å². The molecule has 0 aromatic heterocycles. The fourth-order valence-electron chi connectivity index (χ4n) is 3.74. The van der Waals surface area contributed by atoms with Gasteiger partial charge in [-0.25, -0.2) is 14.5 Å². The van der Waals surface area contributed by atoms with Gasteiger partial charge in [-0.2, -0.15) is 0 Å². The van der Waals surface area contributed by atoms with Crippen LogP contribution in [-0.2, 0) is 25.5 Å². The molecule has 1 aliphatic rings. The summed E-state index contributed by atoms with van der Waals surface area (Å²) in [7, 11) is 1.22. The first-order valence-corrected chi connectivity index (χ1v) is 11.5. The minimum atomic E-state index is -1.15. The number of rotatable bonds is 8. The number of carbonyl (C=O) groups excluding carboxylic acids is 4. The molecule has 4 rings (SSSR count). The van der Waals surface area contributed by atoms with Crippen molar-refractivity contribution in [1.82, 2.24) is 0 Å². The maximum atomic E-state index is 13.0. The number of methoxy groups -OCH3 is 1. The summed E-state index contributed by atoms with van der Waals surface area (Å²) in [6.45, 7) is 0. The third-order valence-corrected chi connectivity index (χ3v) is 5.92. The quantitative estimate of drug-likeness (QED) is 0.293. The summed E-state index contributed by atoms with van der Waals surface area (Å²) in [4.78, 5) is 62.2. The van der Waals surface area contributed by atoms with Gasteiger partial charge < -0.3 is 20.5 Å². The lowest BCUT2D eigenvalue weighted by Crippen LogP contribution is -2.32. The number of para-hydroxylation sites is 1. The number of ether oxygens (including phenoxy) is 1. The second-order valence-corrected chi connectivity index (χ2v) is 8.45. The van der Waals surface area contributed by atoms with E-state index in [1.807, 2.05) is 0 Å². The van der Waals surface area contributed by atoms with Crippen LogP contribution in [0.25, 0.3) is 0 Å². The number of esters is 1. The van der Waals surface area contributed by atoms with E-state index in [4.69, 9.17) is 11.6 Å². The van der Waals surface area contributed by atoms with Crippen molar-refractivity contribution in [3.63, 3.8) is 0 Å². The molecule has 3 N–H and O–H groups in total. The number of nitrogens with zero attached hydrogens (tertiary/aromatic N) is 1. The summed E-state index contributed by atoms with van der Waals surface area (Å²) in [6.07, 6.45) is -0.0284. The van der Waals surface area contributed by atoms with Gasteiger partial charge in [-0.15, -0.1) is 0 Å². The molecule has 11 heteroatoms. The number of hydrogen-bond acceptors (Lipinski definition) is 7. The maximum absolute atomic E-state index is 13.0. The molecule has 0 unspecified atom stereocenters. The summed E-state index contributed by atoms with van der Waals surface area (Å²) in [5.74, 6) is -3.65. The Hall–Kier alpha value is -4.96. The number of carboxylic acid groups (broad SMARTS) is 1. The number of amides is 3. The van der Waals surface area contributed by atoms with E-state index in [0.717, 1.165) is 4.90 Å². The van der Waals surface area contributed by atoms with Crippen molar-refractivity contribution >= 4 is 58.3 Å². The molecule has 3 amide bonds. The van der Waals surface area contributed by atoms with Crippen LogP contribution in [0.4, 0.5) is 17.1 Å². The fourth-order valence-corrected chi connectivity index (χ4v) is 3.96. The molecule has 0 radical (unpaired) electrons. The first kappa shape index (κ1) is 26.1. The topological polar surface area (TPSA) is 142 Å². The first-order valence-electron chi connectivity index (χ1n) is 11.1. The largest absolute Gasteiger partial charge is 0.478 e. The van der Waals surface area contributed by atoms with Gasteiger partial charge in [-0.05, 0) is 48.0 Å². The van der Waals surface area contributed by atoms with Gasteiger partial charge in [0.05, 0.1) is 36.0 Å². The van der Waals surface area contributed by atoms with E-state index in [0.29, 0.717) is 11.3 Å². The lowest BCUT2D eigenvalue weighted by Gasteiger charge is -2.16. The number of nitrogens with one attached hydrogen (secondary N) is 2. The monoisotopic (exact) mass is 533 g/mol. The second-order valence-electron chi connectivity index (χ2n) is 8.07. The van der Waals surface area contributed by atoms with E-state index in [-0.39, 0.29) is 39.7 Å². The highest BCUT2D eigenvalue weighted by Gasteiger charge is 2.39. The number of benzene rings is 3. The highest BCUT2D eigenvalue weighted by molar-refractivity contribution is 6.53. The van der Waals surface area contributed by atoms with Gasteiger partial charge in [-0.1, -0.05) is 41.9 Å². The van der Waals surface area contributed by atoms with Gasteiger partial charge in [0.2, 0.25) is 5.91 Å². The van der Waals surface area contributed by atoms with Crippen LogP contribution in [0, 0.1) is 0 Å². The Morgan fingerprint density at radius 1 is 0.947 bits per heavy atom. The molecular formula is C27H20ClN3O7. The van der Waals surface area contributed by atoms with Crippen LogP contribution in [0.2, 0.25) is 0 Å². The van der Waals surface area contributed by atoms with E-state index in [1.165, 1.54) is 43.5 Å². The van der Waals surface area contributed by atoms with Gasteiger partial charge >= 0.3 is 11.9 Å². The van der Waals surface area contributed by atoms with Crippen molar-refractivity contribution in [2.75, 3.05) is 22.6 Å². The summed E-state index contributed by atoms with van der Waals surface area (Å²) >= 11 is 6.18. The number of hydrogen-bond donors (Lipinski definition) is 3. The van der Waals surface area contributed by atoms with Crippen LogP contribution in [0.3, 0.4) is 0 Å². The SMILES string of the molecule is COC(=O)c1cccc(N2C(=O)C(Cl)=C(Nc3ccc(CC(=O)Nc4ccccc4C(=O)O)cc3)C2=O)c1. The predicted molar refractivity (Wildman–Crippen MR) is 139 cm³/mol. The molecule has 0 fully saturated rings. The molecule has 192 valence electrons. The van der Waals surface area contributed by atoms with Crippen molar-refractivity contribution in [1.29, 1.82) is 0 Å². The Labute approximate surface area is 221 Å². The lowest BCUT2D eigenvalue weighted by atomic mass is 10.1. The zero-order chi connectivity index (χ0) is 27.4. The van der Waals surface area contributed by atoms with Gasteiger partial charge in [0, 0.05) is 5.69 Å². The number of carbonyl (C=O) groups is 5. The molecule has 3 aromatic carbocycles. The van der Waals surface area contributed by atoms with Crippen LogP contribution < -0.4 is 15.5 Å². The number of imide groups is 1. The first-order chi connectivity index (χ1) is 18.2. The van der Waals surface area contributed by atoms with Gasteiger partial charge in [-0.3, -0.25) is 14.4 Å². The Balaban J connectivity index is 1.44. The summed E-state index contributed by atoms with van der Waals surface area (Å²) < 4.78 is 4.68. The normalized spacial score (nSPS) is 12.9. The van der Waals surface area contributed by atoms with Crippen molar-refractivity contribution in [3.8, 4) is 0 Å². The molecule has 0 atom stereocenters.